The summed E-state index contributed by atoms with van der Waals surface area (Å²) in [6, 6.07) is 6.51. The Labute approximate surface area is 124 Å². The fourth-order valence-corrected chi connectivity index (χ4v) is 2.82. The molecule has 1 saturated heterocycles. The van der Waals surface area contributed by atoms with Crippen LogP contribution in [0.5, 0.6) is 5.75 Å². The van der Waals surface area contributed by atoms with Crippen LogP contribution in [0.2, 0.25) is 0 Å². The Hall–Kier alpha value is -1.88. The van der Waals surface area contributed by atoms with E-state index >= 15 is 0 Å². The molecule has 5 heteroatoms. The summed E-state index contributed by atoms with van der Waals surface area (Å²) >= 11 is 0. The fourth-order valence-electron chi connectivity index (χ4n) is 2.82. The highest BCUT2D eigenvalue weighted by molar-refractivity contribution is 5.22. The molecule has 0 aliphatic carbocycles. The Morgan fingerprint density at radius 2 is 2.19 bits per heavy atom. The molecule has 112 valence electrons. The topological polar surface area (TPSA) is 41.2 Å². The molecule has 0 bridgehead atoms. The molecule has 1 N–H and O–H groups in total. The molecule has 0 unspecified atom stereocenters. The van der Waals surface area contributed by atoms with E-state index in [-0.39, 0.29) is 5.82 Å². The molecule has 21 heavy (non-hydrogen) atoms. The number of ether oxygens (including phenoxy) is 1. The number of likely N-dealkylation sites (tertiary alicyclic amines) is 1. The minimum atomic E-state index is -0.241. The maximum absolute atomic E-state index is 12.8. The first-order chi connectivity index (χ1) is 10.2. The molecule has 2 aromatic rings. The van der Waals surface area contributed by atoms with Crippen molar-refractivity contribution in [1.82, 2.24) is 14.9 Å². The average Bonchev–Trinajstić information content (AvgIpc) is 3.10. The summed E-state index contributed by atoms with van der Waals surface area (Å²) in [5.41, 5.74) is 1.10. The van der Waals surface area contributed by atoms with Gasteiger partial charge in [0.1, 0.15) is 24.0 Å². The van der Waals surface area contributed by atoms with Crippen molar-refractivity contribution in [2.75, 3.05) is 19.7 Å². The van der Waals surface area contributed by atoms with Gasteiger partial charge in [0, 0.05) is 18.4 Å². The molecule has 1 aliphatic heterocycles. The van der Waals surface area contributed by atoms with Crippen LogP contribution in [0.4, 0.5) is 4.39 Å². The van der Waals surface area contributed by atoms with Crippen LogP contribution in [0.3, 0.4) is 0 Å². The SMILES string of the molecule is Cc1cnc([C@@H]2CCCN2CCOc2ccc(F)cc2)[nH]1. The zero-order valence-electron chi connectivity index (χ0n) is 12.2. The molecule has 4 nitrogen and oxygen atoms in total. The van der Waals surface area contributed by atoms with E-state index in [1.54, 1.807) is 12.1 Å². The van der Waals surface area contributed by atoms with Gasteiger partial charge in [-0.2, -0.15) is 0 Å². The van der Waals surface area contributed by atoms with Gasteiger partial charge in [0.15, 0.2) is 0 Å². The van der Waals surface area contributed by atoms with Gasteiger partial charge in [-0.15, -0.1) is 0 Å². The summed E-state index contributed by atoms with van der Waals surface area (Å²) in [5, 5.41) is 0. The lowest BCUT2D eigenvalue weighted by Crippen LogP contribution is -2.28. The molecule has 0 radical (unpaired) electrons. The third-order valence-corrected chi connectivity index (χ3v) is 3.86. The second-order valence-electron chi connectivity index (χ2n) is 5.45. The number of rotatable bonds is 5. The Balaban J connectivity index is 1.53. The number of imidazole rings is 1. The summed E-state index contributed by atoms with van der Waals surface area (Å²) in [4.78, 5) is 10.2. The van der Waals surface area contributed by atoms with Crippen LogP contribution >= 0.6 is 0 Å². The number of halogens is 1. The normalized spacial score (nSPS) is 19.0. The van der Waals surface area contributed by atoms with E-state index < -0.39 is 0 Å². The van der Waals surface area contributed by atoms with E-state index in [1.807, 2.05) is 13.1 Å². The van der Waals surface area contributed by atoms with E-state index in [4.69, 9.17) is 4.74 Å². The second-order valence-corrected chi connectivity index (χ2v) is 5.45. The smallest absolute Gasteiger partial charge is 0.123 e. The molecular weight excluding hydrogens is 269 g/mol. The van der Waals surface area contributed by atoms with Gasteiger partial charge in [-0.3, -0.25) is 4.90 Å². The quantitative estimate of drug-likeness (QED) is 0.919. The van der Waals surface area contributed by atoms with Gasteiger partial charge < -0.3 is 9.72 Å². The Morgan fingerprint density at radius 3 is 2.90 bits per heavy atom. The van der Waals surface area contributed by atoms with Crippen molar-refractivity contribution in [2.45, 2.75) is 25.8 Å². The van der Waals surface area contributed by atoms with Crippen LogP contribution in [0.15, 0.2) is 30.5 Å². The molecule has 3 rings (SSSR count). The first-order valence-electron chi connectivity index (χ1n) is 7.36. The lowest BCUT2D eigenvalue weighted by molar-refractivity contribution is 0.193. The summed E-state index contributed by atoms with van der Waals surface area (Å²) in [6.45, 7) is 4.54. The number of hydrogen-bond acceptors (Lipinski definition) is 3. The molecule has 2 heterocycles. The lowest BCUT2D eigenvalue weighted by atomic mass is 10.2. The zero-order chi connectivity index (χ0) is 14.7. The number of benzene rings is 1. The third kappa shape index (κ3) is 3.42. The molecule has 1 aromatic carbocycles. The molecule has 1 fully saturated rings. The van der Waals surface area contributed by atoms with Gasteiger partial charge in [-0.25, -0.2) is 9.37 Å². The average molecular weight is 289 g/mol. The molecule has 0 spiro atoms. The Kier molecular flexibility index (Phi) is 4.20. The zero-order valence-corrected chi connectivity index (χ0v) is 12.2. The van der Waals surface area contributed by atoms with Gasteiger partial charge in [0.2, 0.25) is 0 Å². The number of nitrogens with zero attached hydrogens (tertiary/aromatic N) is 2. The molecule has 1 aromatic heterocycles. The van der Waals surface area contributed by atoms with Crippen molar-refractivity contribution in [1.29, 1.82) is 0 Å². The number of aryl methyl sites for hydroxylation is 1. The standard InChI is InChI=1S/C16H20FN3O/c1-12-11-18-16(19-12)15-3-2-8-20(15)9-10-21-14-6-4-13(17)5-7-14/h4-7,11,15H,2-3,8-10H2,1H3,(H,18,19)/t15-/m0/s1. The predicted octanol–water partition coefficient (Wildman–Crippen LogP) is 3.07. The summed E-state index contributed by atoms with van der Waals surface area (Å²) in [7, 11) is 0. The number of H-pyrrole nitrogens is 1. The molecule has 0 amide bonds. The van der Waals surface area contributed by atoms with Crippen LogP contribution < -0.4 is 4.74 Å². The number of aromatic nitrogens is 2. The van der Waals surface area contributed by atoms with E-state index in [0.29, 0.717) is 18.4 Å². The van der Waals surface area contributed by atoms with Crippen LogP contribution in [0, 0.1) is 12.7 Å². The third-order valence-electron chi connectivity index (χ3n) is 3.86. The summed E-state index contributed by atoms with van der Waals surface area (Å²) in [6.07, 6.45) is 4.19. The van der Waals surface area contributed by atoms with Crippen LogP contribution in [0.25, 0.3) is 0 Å². The summed E-state index contributed by atoms with van der Waals surface area (Å²) < 4.78 is 18.5. The highest BCUT2D eigenvalue weighted by Crippen LogP contribution is 2.29. The van der Waals surface area contributed by atoms with Crippen molar-refractivity contribution in [3.05, 3.63) is 47.8 Å². The first-order valence-corrected chi connectivity index (χ1v) is 7.36. The van der Waals surface area contributed by atoms with E-state index in [0.717, 1.165) is 31.0 Å². The highest BCUT2D eigenvalue weighted by atomic mass is 19.1. The maximum atomic E-state index is 12.8. The van der Waals surface area contributed by atoms with Gasteiger partial charge in [0.05, 0.1) is 6.04 Å². The van der Waals surface area contributed by atoms with Gasteiger partial charge >= 0.3 is 0 Å². The van der Waals surface area contributed by atoms with Crippen molar-refractivity contribution >= 4 is 0 Å². The number of aromatic amines is 1. The lowest BCUT2D eigenvalue weighted by Gasteiger charge is -2.22. The fraction of sp³-hybridized carbons (Fsp3) is 0.438. The van der Waals surface area contributed by atoms with Gasteiger partial charge in [-0.05, 0) is 50.6 Å². The highest BCUT2D eigenvalue weighted by Gasteiger charge is 2.27. The summed E-state index contributed by atoms with van der Waals surface area (Å²) in [5.74, 6) is 1.52. The molecule has 1 aliphatic rings. The Bertz CT molecular complexity index is 581. The van der Waals surface area contributed by atoms with E-state index in [1.165, 1.54) is 18.6 Å². The van der Waals surface area contributed by atoms with Crippen molar-refractivity contribution in [3.8, 4) is 5.75 Å². The van der Waals surface area contributed by atoms with Gasteiger partial charge in [-0.1, -0.05) is 0 Å². The molecule has 0 saturated carbocycles. The van der Waals surface area contributed by atoms with Gasteiger partial charge in [0.25, 0.3) is 0 Å². The molecular formula is C16H20FN3O. The predicted molar refractivity (Wildman–Crippen MR) is 78.8 cm³/mol. The monoisotopic (exact) mass is 289 g/mol. The molecule has 1 atom stereocenters. The first kappa shape index (κ1) is 14.1. The minimum absolute atomic E-state index is 0.241. The van der Waals surface area contributed by atoms with E-state index in [9.17, 15) is 4.39 Å². The second kappa shape index (κ2) is 6.26. The largest absolute Gasteiger partial charge is 0.492 e. The van der Waals surface area contributed by atoms with Crippen LogP contribution in [-0.4, -0.2) is 34.6 Å². The Morgan fingerprint density at radius 1 is 1.38 bits per heavy atom. The van der Waals surface area contributed by atoms with Crippen LogP contribution in [-0.2, 0) is 0 Å². The number of hydrogen-bond donors (Lipinski definition) is 1. The van der Waals surface area contributed by atoms with Crippen molar-refractivity contribution < 1.29 is 9.13 Å². The van der Waals surface area contributed by atoms with Crippen molar-refractivity contribution in [3.63, 3.8) is 0 Å². The van der Waals surface area contributed by atoms with Crippen molar-refractivity contribution in [2.24, 2.45) is 0 Å². The number of nitrogens with one attached hydrogen (secondary N) is 1. The minimum Gasteiger partial charge on any atom is -0.492 e. The van der Waals surface area contributed by atoms with E-state index in [2.05, 4.69) is 14.9 Å². The maximum Gasteiger partial charge on any atom is 0.123 e. The van der Waals surface area contributed by atoms with Crippen LogP contribution in [0.1, 0.15) is 30.4 Å².